The van der Waals surface area contributed by atoms with Crippen LogP contribution < -0.4 is 5.32 Å². The van der Waals surface area contributed by atoms with E-state index in [0.717, 1.165) is 12.1 Å². The summed E-state index contributed by atoms with van der Waals surface area (Å²) in [5, 5.41) is 5.51. The van der Waals surface area contributed by atoms with Crippen molar-refractivity contribution < 1.29 is 9.53 Å². The lowest BCUT2D eigenvalue weighted by molar-refractivity contribution is -0.136. The highest BCUT2D eigenvalue weighted by atomic mass is 32.1. The van der Waals surface area contributed by atoms with Crippen LogP contribution in [0.5, 0.6) is 0 Å². The van der Waals surface area contributed by atoms with Crippen LogP contribution in [0.3, 0.4) is 0 Å². The van der Waals surface area contributed by atoms with Crippen molar-refractivity contribution in [3.05, 3.63) is 58.3 Å². The number of thiophene rings is 1. The minimum atomic E-state index is -0.144. The smallest absolute Gasteiger partial charge is 0.231 e. The van der Waals surface area contributed by atoms with Gasteiger partial charge in [-0.25, -0.2) is 0 Å². The van der Waals surface area contributed by atoms with Crippen molar-refractivity contribution in [3.63, 3.8) is 0 Å². The molecule has 2 aromatic rings. The Labute approximate surface area is 141 Å². The van der Waals surface area contributed by atoms with Crippen molar-refractivity contribution in [3.8, 4) is 0 Å². The second-order valence-corrected chi connectivity index (χ2v) is 6.64. The van der Waals surface area contributed by atoms with E-state index in [9.17, 15) is 4.79 Å². The van der Waals surface area contributed by atoms with E-state index in [1.165, 1.54) is 4.88 Å². The molecule has 2 heterocycles. The third-order valence-electron chi connectivity index (χ3n) is 4.05. The van der Waals surface area contributed by atoms with Crippen LogP contribution in [-0.2, 0) is 16.1 Å². The van der Waals surface area contributed by atoms with Crippen LogP contribution >= 0.6 is 11.3 Å². The van der Waals surface area contributed by atoms with E-state index in [0.29, 0.717) is 32.8 Å². The standard InChI is InChI=1S/C18H22N2O2S/c21-18(20-8-10-22-11-9-20)17(15-5-2-1-3-6-15)14-19-13-16-7-4-12-23-16/h1-7,12,17,19H,8-11,13-14H2. The Hall–Kier alpha value is -1.69. The van der Waals surface area contributed by atoms with Crippen molar-refractivity contribution in [2.75, 3.05) is 32.8 Å². The lowest BCUT2D eigenvalue weighted by atomic mass is 9.97. The lowest BCUT2D eigenvalue weighted by Crippen LogP contribution is -2.45. The summed E-state index contributed by atoms with van der Waals surface area (Å²) in [6, 6.07) is 14.2. The molecule has 122 valence electrons. The van der Waals surface area contributed by atoms with Gasteiger partial charge in [0.05, 0.1) is 19.1 Å². The molecule has 5 heteroatoms. The van der Waals surface area contributed by atoms with Crippen LogP contribution in [-0.4, -0.2) is 43.7 Å². The summed E-state index contributed by atoms with van der Waals surface area (Å²) >= 11 is 1.73. The molecule has 1 aromatic heterocycles. The molecule has 4 nitrogen and oxygen atoms in total. The summed E-state index contributed by atoms with van der Waals surface area (Å²) < 4.78 is 5.36. The van der Waals surface area contributed by atoms with Gasteiger partial charge in [0.25, 0.3) is 0 Å². The Morgan fingerprint density at radius 1 is 1.17 bits per heavy atom. The number of carbonyl (C=O) groups excluding carboxylic acids is 1. The van der Waals surface area contributed by atoms with Gasteiger partial charge in [-0.1, -0.05) is 36.4 Å². The minimum Gasteiger partial charge on any atom is -0.378 e. The lowest BCUT2D eigenvalue weighted by Gasteiger charge is -2.30. The molecule has 0 radical (unpaired) electrons. The van der Waals surface area contributed by atoms with Gasteiger partial charge in [-0.15, -0.1) is 11.3 Å². The van der Waals surface area contributed by atoms with Gasteiger partial charge in [0.1, 0.15) is 0 Å². The number of ether oxygens (including phenoxy) is 1. The van der Waals surface area contributed by atoms with Crippen molar-refractivity contribution in [1.29, 1.82) is 0 Å². The summed E-state index contributed by atoms with van der Waals surface area (Å²) in [4.78, 5) is 16.1. The number of morpholine rings is 1. The molecule has 1 aromatic carbocycles. The highest BCUT2D eigenvalue weighted by Crippen LogP contribution is 2.19. The van der Waals surface area contributed by atoms with E-state index in [4.69, 9.17) is 4.74 Å². The first kappa shape index (κ1) is 16.2. The van der Waals surface area contributed by atoms with Crippen molar-refractivity contribution >= 4 is 17.2 Å². The van der Waals surface area contributed by atoms with Crippen molar-refractivity contribution in [2.24, 2.45) is 0 Å². The van der Waals surface area contributed by atoms with Gasteiger partial charge in [-0.3, -0.25) is 4.79 Å². The summed E-state index contributed by atoms with van der Waals surface area (Å²) in [5.74, 6) is 0.0486. The maximum Gasteiger partial charge on any atom is 0.231 e. The number of rotatable bonds is 6. The number of nitrogens with zero attached hydrogens (tertiary/aromatic N) is 1. The fraction of sp³-hybridized carbons (Fsp3) is 0.389. The molecular weight excluding hydrogens is 308 g/mol. The van der Waals surface area contributed by atoms with E-state index in [2.05, 4.69) is 22.8 Å². The first-order chi connectivity index (χ1) is 11.3. The number of carbonyl (C=O) groups is 1. The van der Waals surface area contributed by atoms with Gasteiger partial charge in [0, 0.05) is 31.1 Å². The van der Waals surface area contributed by atoms with E-state index in [1.807, 2.05) is 35.2 Å². The number of benzene rings is 1. The zero-order chi connectivity index (χ0) is 15.9. The summed E-state index contributed by atoms with van der Waals surface area (Å²) in [6.45, 7) is 4.10. The van der Waals surface area contributed by atoms with E-state index in [-0.39, 0.29) is 11.8 Å². The predicted octanol–water partition coefficient (Wildman–Crippen LogP) is 2.48. The molecule has 1 atom stereocenters. The fourth-order valence-corrected chi connectivity index (χ4v) is 3.46. The molecule has 0 spiro atoms. The van der Waals surface area contributed by atoms with Gasteiger partial charge >= 0.3 is 0 Å². The molecule has 1 saturated heterocycles. The van der Waals surface area contributed by atoms with Crippen LogP contribution in [0.25, 0.3) is 0 Å². The zero-order valence-electron chi connectivity index (χ0n) is 13.1. The van der Waals surface area contributed by atoms with Crippen LogP contribution in [0.15, 0.2) is 47.8 Å². The highest BCUT2D eigenvalue weighted by molar-refractivity contribution is 7.09. The van der Waals surface area contributed by atoms with E-state index >= 15 is 0 Å². The fourth-order valence-electron chi connectivity index (χ4n) is 2.79. The van der Waals surface area contributed by atoms with E-state index < -0.39 is 0 Å². The van der Waals surface area contributed by atoms with Crippen LogP contribution in [0.4, 0.5) is 0 Å². The number of nitrogens with one attached hydrogen (secondary N) is 1. The molecule has 1 fully saturated rings. The maximum absolute atomic E-state index is 12.9. The average Bonchev–Trinajstić information content (AvgIpc) is 3.13. The summed E-state index contributed by atoms with van der Waals surface area (Å²) in [6.07, 6.45) is 0. The van der Waals surface area contributed by atoms with Crippen molar-refractivity contribution in [2.45, 2.75) is 12.5 Å². The van der Waals surface area contributed by atoms with Gasteiger partial charge in [-0.2, -0.15) is 0 Å². The molecule has 1 aliphatic rings. The first-order valence-corrected chi connectivity index (χ1v) is 8.87. The van der Waals surface area contributed by atoms with E-state index in [1.54, 1.807) is 11.3 Å². The number of amides is 1. The number of hydrogen-bond acceptors (Lipinski definition) is 4. The first-order valence-electron chi connectivity index (χ1n) is 7.99. The Morgan fingerprint density at radius 2 is 1.96 bits per heavy atom. The van der Waals surface area contributed by atoms with Gasteiger partial charge in [0.15, 0.2) is 0 Å². The topological polar surface area (TPSA) is 41.6 Å². The molecule has 0 aliphatic carbocycles. The van der Waals surface area contributed by atoms with Crippen LogP contribution in [0.1, 0.15) is 16.4 Å². The quantitative estimate of drug-likeness (QED) is 0.885. The maximum atomic E-state index is 12.9. The van der Waals surface area contributed by atoms with Gasteiger partial charge in [-0.05, 0) is 17.0 Å². The SMILES string of the molecule is O=C(C(CNCc1cccs1)c1ccccc1)N1CCOCC1. The van der Waals surface area contributed by atoms with Gasteiger partial charge < -0.3 is 15.0 Å². The Balaban J connectivity index is 1.67. The zero-order valence-corrected chi connectivity index (χ0v) is 13.9. The molecule has 1 unspecified atom stereocenters. The molecule has 23 heavy (non-hydrogen) atoms. The summed E-state index contributed by atoms with van der Waals surface area (Å²) in [7, 11) is 0. The highest BCUT2D eigenvalue weighted by Gasteiger charge is 2.26. The van der Waals surface area contributed by atoms with Gasteiger partial charge in [0.2, 0.25) is 5.91 Å². The molecule has 1 aliphatic heterocycles. The molecule has 0 bridgehead atoms. The Bertz CT molecular complexity index is 595. The Morgan fingerprint density at radius 3 is 2.65 bits per heavy atom. The largest absolute Gasteiger partial charge is 0.378 e. The van der Waals surface area contributed by atoms with Crippen LogP contribution in [0.2, 0.25) is 0 Å². The third-order valence-corrected chi connectivity index (χ3v) is 4.93. The molecular formula is C18H22N2O2S. The second-order valence-electron chi connectivity index (χ2n) is 5.61. The normalized spacial score (nSPS) is 16.3. The molecule has 3 rings (SSSR count). The summed E-state index contributed by atoms with van der Waals surface area (Å²) in [5.41, 5.74) is 1.07. The Kier molecular flexibility index (Phi) is 5.80. The van der Waals surface area contributed by atoms with Crippen molar-refractivity contribution in [1.82, 2.24) is 10.2 Å². The van der Waals surface area contributed by atoms with Crippen LogP contribution in [0, 0.1) is 0 Å². The minimum absolute atomic E-state index is 0.144. The average molecular weight is 330 g/mol. The molecule has 0 saturated carbocycles. The monoisotopic (exact) mass is 330 g/mol. The second kappa shape index (κ2) is 8.24. The molecule has 1 N–H and O–H groups in total. The predicted molar refractivity (Wildman–Crippen MR) is 92.6 cm³/mol. The molecule has 1 amide bonds. The number of hydrogen-bond donors (Lipinski definition) is 1. The third kappa shape index (κ3) is 4.41.